The van der Waals surface area contributed by atoms with Crippen LogP contribution in [0, 0.1) is 6.92 Å². The van der Waals surface area contributed by atoms with Crippen LogP contribution in [0.25, 0.3) is 0 Å². The maximum Gasteiger partial charge on any atom is 0.0804 e. The molecule has 106 valence electrons. The second kappa shape index (κ2) is 7.04. The van der Waals surface area contributed by atoms with E-state index in [9.17, 15) is 10.2 Å². The first kappa shape index (κ1) is 14.5. The van der Waals surface area contributed by atoms with Gasteiger partial charge in [-0.25, -0.2) is 0 Å². The van der Waals surface area contributed by atoms with Crippen LogP contribution in [0.3, 0.4) is 0 Å². The fourth-order valence-electron chi connectivity index (χ4n) is 2.97. The number of rotatable bonds is 5. The quantitative estimate of drug-likeness (QED) is 0.856. The van der Waals surface area contributed by atoms with Crippen molar-refractivity contribution < 1.29 is 10.2 Å². The second-order valence-corrected chi connectivity index (χ2v) is 5.53. The third-order valence-corrected chi connectivity index (χ3v) is 4.20. The standard InChI is InChI=1S/C16H25NO2/c1-13-6-2-3-8-15(13)16(19)9-11-17-10-5-4-7-14(17)12-18/h2-3,6,8,14,16,18-19H,4-5,7,9-12H2,1H3. The van der Waals surface area contributed by atoms with E-state index in [0.717, 1.165) is 37.1 Å². The number of aryl methyl sites for hydroxylation is 1. The van der Waals surface area contributed by atoms with Crippen LogP contribution in [0.2, 0.25) is 0 Å². The molecule has 3 heteroatoms. The summed E-state index contributed by atoms with van der Waals surface area (Å²) in [6.45, 7) is 4.18. The van der Waals surface area contributed by atoms with Gasteiger partial charge in [0.05, 0.1) is 12.7 Å². The van der Waals surface area contributed by atoms with E-state index in [1.54, 1.807) is 0 Å². The molecule has 2 atom stereocenters. The largest absolute Gasteiger partial charge is 0.395 e. The van der Waals surface area contributed by atoms with Gasteiger partial charge in [0.15, 0.2) is 0 Å². The van der Waals surface area contributed by atoms with Crippen LogP contribution >= 0.6 is 0 Å². The molecule has 2 N–H and O–H groups in total. The minimum Gasteiger partial charge on any atom is -0.395 e. The van der Waals surface area contributed by atoms with E-state index in [1.165, 1.54) is 12.8 Å². The maximum absolute atomic E-state index is 10.3. The Balaban J connectivity index is 1.89. The molecule has 0 aliphatic carbocycles. The molecular formula is C16H25NO2. The van der Waals surface area contributed by atoms with Crippen molar-refractivity contribution in [2.75, 3.05) is 19.7 Å². The van der Waals surface area contributed by atoms with Crippen molar-refractivity contribution in [3.8, 4) is 0 Å². The highest BCUT2D eigenvalue weighted by Crippen LogP contribution is 2.23. The number of likely N-dealkylation sites (tertiary alicyclic amines) is 1. The lowest BCUT2D eigenvalue weighted by atomic mass is 9.99. The van der Waals surface area contributed by atoms with Crippen molar-refractivity contribution in [1.29, 1.82) is 0 Å². The molecule has 1 aromatic carbocycles. The van der Waals surface area contributed by atoms with Gasteiger partial charge in [-0.3, -0.25) is 4.90 Å². The first-order chi connectivity index (χ1) is 9.22. The van der Waals surface area contributed by atoms with E-state index in [4.69, 9.17) is 0 Å². The zero-order valence-electron chi connectivity index (χ0n) is 11.8. The van der Waals surface area contributed by atoms with Crippen molar-refractivity contribution in [3.63, 3.8) is 0 Å². The van der Waals surface area contributed by atoms with Crippen LogP contribution in [0.4, 0.5) is 0 Å². The summed E-state index contributed by atoms with van der Waals surface area (Å²) >= 11 is 0. The van der Waals surface area contributed by atoms with Crippen LogP contribution in [-0.2, 0) is 0 Å². The number of piperidine rings is 1. The molecule has 2 rings (SSSR count). The smallest absolute Gasteiger partial charge is 0.0804 e. The van der Waals surface area contributed by atoms with Gasteiger partial charge >= 0.3 is 0 Å². The van der Waals surface area contributed by atoms with Crippen LogP contribution in [0.5, 0.6) is 0 Å². The molecule has 1 saturated heterocycles. The van der Waals surface area contributed by atoms with E-state index >= 15 is 0 Å². The summed E-state index contributed by atoms with van der Waals surface area (Å²) in [6, 6.07) is 8.30. The molecule has 1 aliphatic rings. The maximum atomic E-state index is 10.3. The summed E-state index contributed by atoms with van der Waals surface area (Å²) in [5.41, 5.74) is 2.17. The summed E-state index contributed by atoms with van der Waals surface area (Å²) in [4.78, 5) is 2.32. The lowest BCUT2D eigenvalue weighted by Gasteiger charge is -2.35. The lowest BCUT2D eigenvalue weighted by Crippen LogP contribution is -2.42. The molecule has 0 bridgehead atoms. The predicted molar refractivity (Wildman–Crippen MR) is 77.1 cm³/mol. The number of aliphatic hydroxyl groups is 2. The molecule has 1 fully saturated rings. The van der Waals surface area contributed by atoms with Crippen LogP contribution in [0.1, 0.15) is 42.9 Å². The predicted octanol–water partition coefficient (Wildman–Crippen LogP) is 2.27. The monoisotopic (exact) mass is 263 g/mol. The highest BCUT2D eigenvalue weighted by molar-refractivity contribution is 5.27. The average Bonchev–Trinajstić information content (AvgIpc) is 2.45. The molecule has 1 heterocycles. The van der Waals surface area contributed by atoms with Crippen molar-refractivity contribution in [3.05, 3.63) is 35.4 Å². The molecule has 1 aliphatic heterocycles. The first-order valence-corrected chi connectivity index (χ1v) is 7.31. The fourth-order valence-corrected chi connectivity index (χ4v) is 2.97. The topological polar surface area (TPSA) is 43.7 Å². The van der Waals surface area contributed by atoms with Crippen LogP contribution in [0.15, 0.2) is 24.3 Å². The first-order valence-electron chi connectivity index (χ1n) is 7.31. The number of benzene rings is 1. The number of nitrogens with zero attached hydrogens (tertiary/aromatic N) is 1. The molecule has 1 aromatic rings. The minimum atomic E-state index is -0.400. The Morgan fingerprint density at radius 2 is 2.11 bits per heavy atom. The fraction of sp³-hybridized carbons (Fsp3) is 0.625. The average molecular weight is 263 g/mol. The van der Waals surface area contributed by atoms with Crippen molar-refractivity contribution in [1.82, 2.24) is 4.90 Å². The highest BCUT2D eigenvalue weighted by Gasteiger charge is 2.22. The van der Waals surface area contributed by atoms with Gasteiger partial charge in [-0.05, 0) is 43.9 Å². The van der Waals surface area contributed by atoms with Crippen LogP contribution in [-0.4, -0.2) is 40.9 Å². The Morgan fingerprint density at radius 3 is 2.84 bits per heavy atom. The summed E-state index contributed by atoms with van der Waals surface area (Å²) in [6.07, 6.45) is 3.83. The molecule has 0 radical (unpaired) electrons. The second-order valence-electron chi connectivity index (χ2n) is 5.53. The SMILES string of the molecule is Cc1ccccc1C(O)CCN1CCCCC1CO. The Morgan fingerprint density at radius 1 is 1.32 bits per heavy atom. The third kappa shape index (κ3) is 3.78. The van der Waals surface area contributed by atoms with Gasteiger partial charge in [-0.15, -0.1) is 0 Å². The molecule has 0 spiro atoms. The van der Waals surface area contributed by atoms with Gasteiger partial charge in [0, 0.05) is 12.6 Å². The molecule has 0 aromatic heterocycles. The number of hydrogen-bond donors (Lipinski definition) is 2. The Hall–Kier alpha value is -0.900. The van der Waals surface area contributed by atoms with Crippen molar-refractivity contribution >= 4 is 0 Å². The van der Waals surface area contributed by atoms with Gasteiger partial charge in [-0.2, -0.15) is 0 Å². The van der Waals surface area contributed by atoms with E-state index in [0.29, 0.717) is 0 Å². The minimum absolute atomic E-state index is 0.237. The molecule has 2 unspecified atom stereocenters. The Bertz CT molecular complexity index is 394. The van der Waals surface area contributed by atoms with Gasteiger partial charge in [0.1, 0.15) is 0 Å². The molecule has 3 nitrogen and oxygen atoms in total. The van der Waals surface area contributed by atoms with Gasteiger partial charge in [0.2, 0.25) is 0 Å². The van der Waals surface area contributed by atoms with E-state index in [2.05, 4.69) is 4.90 Å². The zero-order chi connectivity index (χ0) is 13.7. The Labute approximate surface area is 115 Å². The van der Waals surface area contributed by atoms with E-state index < -0.39 is 6.10 Å². The van der Waals surface area contributed by atoms with Gasteiger partial charge < -0.3 is 10.2 Å². The number of hydrogen-bond acceptors (Lipinski definition) is 3. The summed E-state index contributed by atoms with van der Waals surface area (Å²) in [5.74, 6) is 0. The van der Waals surface area contributed by atoms with Crippen LogP contribution < -0.4 is 0 Å². The molecule has 0 amide bonds. The lowest BCUT2D eigenvalue weighted by molar-refractivity contribution is 0.0696. The molecule has 19 heavy (non-hydrogen) atoms. The highest BCUT2D eigenvalue weighted by atomic mass is 16.3. The zero-order valence-corrected chi connectivity index (χ0v) is 11.8. The normalized spacial score (nSPS) is 22.4. The summed E-state index contributed by atoms with van der Waals surface area (Å²) < 4.78 is 0. The Kier molecular flexibility index (Phi) is 5.37. The third-order valence-electron chi connectivity index (χ3n) is 4.20. The van der Waals surface area contributed by atoms with Gasteiger partial charge in [-0.1, -0.05) is 30.7 Å². The van der Waals surface area contributed by atoms with E-state index in [-0.39, 0.29) is 12.6 Å². The van der Waals surface area contributed by atoms with Crippen molar-refractivity contribution in [2.24, 2.45) is 0 Å². The van der Waals surface area contributed by atoms with Crippen molar-refractivity contribution in [2.45, 2.75) is 44.8 Å². The van der Waals surface area contributed by atoms with E-state index in [1.807, 2.05) is 31.2 Å². The molecular weight excluding hydrogens is 238 g/mol. The summed E-state index contributed by atoms with van der Waals surface area (Å²) in [7, 11) is 0. The number of aliphatic hydroxyl groups excluding tert-OH is 2. The van der Waals surface area contributed by atoms with Gasteiger partial charge in [0.25, 0.3) is 0 Å². The molecule has 0 saturated carbocycles. The summed E-state index contributed by atoms with van der Waals surface area (Å²) in [5, 5.41) is 19.7.